The molecule has 0 aliphatic carbocycles. The van der Waals surface area contributed by atoms with E-state index in [-0.39, 0.29) is 5.82 Å². The summed E-state index contributed by atoms with van der Waals surface area (Å²) in [5.41, 5.74) is 1.13. The third-order valence-corrected chi connectivity index (χ3v) is 3.21. The second kappa shape index (κ2) is 6.31. The van der Waals surface area contributed by atoms with E-state index in [1.807, 2.05) is 23.9 Å². The van der Waals surface area contributed by atoms with Crippen LogP contribution in [-0.4, -0.2) is 17.9 Å². The van der Waals surface area contributed by atoms with Crippen LogP contribution in [0.15, 0.2) is 24.3 Å². The Balaban J connectivity index is 2.64. The van der Waals surface area contributed by atoms with Gasteiger partial charge in [-0.2, -0.15) is 11.8 Å². The number of alkyl halides is 1. The average molecular weight is 233 g/mol. The maximum absolute atomic E-state index is 12.7. The van der Waals surface area contributed by atoms with Gasteiger partial charge in [-0.15, -0.1) is 11.6 Å². The molecule has 0 bridgehead atoms. The van der Waals surface area contributed by atoms with Crippen molar-refractivity contribution in [2.75, 3.05) is 17.9 Å². The van der Waals surface area contributed by atoms with Crippen LogP contribution in [0.5, 0.6) is 0 Å². The minimum atomic E-state index is -0.188. The third-order valence-electron chi connectivity index (χ3n) is 2.20. The molecular formula is C11H14ClFS. The quantitative estimate of drug-likeness (QED) is 0.694. The van der Waals surface area contributed by atoms with Crippen molar-refractivity contribution >= 4 is 23.4 Å². The molecule has 0 nitrogen and oxygen atoms in total. The molecule has 1 atom stereocenters. The fourth-order valence-corrected chi connectivity index (χ4v) is 2.18. The molecule has 0 radical (unpaired) electrons. The summed E-state index contributed by atoms with van der Waals surface area (Å²) >= 11 is 7.69. The lowest BCUT2D eigenvalue weighted by Crippen LogP contribution is -2.02. The van der Waals surface area contributed by atoms with Crippen molar-refractivity contribution in [3.63, 3.8) is 0 Å². The smallest absolute Gasteiger partial charge is 0.123 e. The molecule has 0 aromatic heterocycles. The van der Waals surface area contributed by atoms with Crippen molar-refractivity contribution in [1.82, 2.24) is 0 Å². The second-order valence-corrected chi connectivity index (χ2v) is 4.48. The van der Waals surface area contributed by atoms with E-state index >= 15 is 0 Å². The monoisotopic (exact) mass is 232 g/mol. The van der Waals surface area contributed by atoms with Gasteiger partial charge in [0.05, 0.1) is 0 Å². The molecule has 0 fully saturated rings. The Morgan fingerprint density at radius 3 is 2.50 bits per heavy atom. The van der Waals surface area contributed by atoms with E-state index < -0.39 is 0 Å². The Morgan fingerprint density at radius 1 is 1.36 bits per heavy atom. The highest BCUT2D eigenvalue weighted by molar-refractivity contribution is 7.98. The number of benzene rings is 1. The van der Waals surface area contributed by atoms with E-state index in [0.29, 0.717) is 11.8 Å². The maximum Gasteiger partial charge on any atom is 0.123 e. The molecule has 0 aliphatic heterocycles. The highest BCUT2D eigenvalue weighted by Gasteiger charge is 2.09. The van der Waals surface area contributed by atoms with Crippen LogP contribution in [-0.2, 0) is 0 Å². The SMILES string of the molecule is CSCCC(CCl)c1ccc(F)cc1. The number of thioether (sulfide) groups is 1. The summed E-state index contributed by atoms with van der Waals surface area (Å²) in [4.78, 5) is 0. The van der Waals surface area contributed by atoms with E-state index in [0.717, 1.165) is 17.7 Å². The Morgan fingerprint density at radius 2 is 2.00 bits per heavy atom. The predicted octanol–water partition coefficient (Wildman–Crippen LogP) is 3.90. The summed E-state index contributed by atoms with van der Waals surface area (Å²) < 4.78 is 12.7. The van der Waals surface area contributed by atoms with Gasteiger partial charge in [-0.3, -0.25) is 0 Å². The number of halogens is 2. The van der Waals surface area contributed by atoms with Crippen molar-refractivity contribution in [1.29, 1.82) is 0 Å². The highest BCUT2D eigenvalue weighted by Crippen LogP contribution is 2.22. The second-order valence-electron chi connectivity index (χ2n) is 3.18. The van der Waals surface area contributed by atoms with Crippen molar-refractivity contribution in [3.8, 4) is 0 Å². The van der Waals surface area contributed by atoms with Crippen LogP contribution in [0.25, 0.3) is 0 Å². The molecule has 0 heterocycles. The summed E-state index contributed by atoms with van der Waals surface area (Å²) in [5.74, 6) is 1.86. The van der Waals surface area contributed by atoms with Crippen molar-refractivity contribution in [2.24, 2.45) is 0 Å². The van der Waals surface area contributed by atoms with Crippen molar-refractivity contribution < 1.29 is 4.39 Å². The first-order chi connectivity index (χ1) is 6.77. The van der Waals surface area contributed by atoms with Gasteiger partial charge >= 0.3 is 0 Å². The first-order valence-corrected chi connectivity index (χ1v) is 6.51. The largest absolute Gasteiger partial charge is 0.207 e. The van der Waals surface area contributed by atoms with Gasteiger partial charge in [0, 0.05) is 5.88 Å². The number of hydrogen-bond donors (Lipinski definition) is 0. The molecule has 3 heteroatoms. The van der Waals surface area contributed by atoms with Gasteiger partial charge < -0.3 is 0 Å². The van der Waals surface area contributed by atoms with Crippen LogP contribution in [0, 0.1) is 5.82 Å². The van der Waals surface area contributed by atoms with E-state index in [2.05, 4.69) is 6.26 Å². The fraction of sp³-hybridized carbons (Fsp3) is 0.455. The molecule has 78 valence electrons. The van der Waals surface area contributed by atoms with Crippen LogP contribution < -0.4 is 0 Å². The molecule has 0 saturated carbocycles. The summed E-state index contributed by atoms with van der Waals surface area (Å²) in [5, 5.41) is 0. The number of hydrogen-bond acceptors (Lipinski definition) is 1. The normalized spacial score (nSPS) is 12.8. The zero-order valence-corrected chi connectivity index (χ0v) is 9.74. The molecular weight excluding hydrogens is 219 g/mol. The molecule has 1 aromatic rings. The molecule has 0 N–H and O–H groups in total. The highest BCUT2D eigenvalue weighted by atomic mass is 35.5. The zero-order chi connectivity index (χ0) is 10.4. The van der Waals surface area contributed by atoms with Crippen molar-refractivity contribution in [3.05, 3.63) is 35.6 Å². The van der Waals surface area contributed by atoms with Crippen LogP contribution >= 0.6 is 23.4 Å². The molecule has 1 aromatic carbocycles. The lowest BCUT2D eigenvalue weighted by atomic mass is 9.99. The van der Waals surface area contributed by atoms with E-state index in [4.69, 9.17) is 11.6 Å². The van der Waals surface area contributed by atoms with Crippen molar-refractivity contribution in [2.45, 2.75) is 12.3 Å². The van der Waals surface area contributed by atoms with Gasteiger partial charge in [-0.25, -0.2) is 4.39 Å². The Labute approximate surface area is 93.8 Å². The average Bonchev–Trinajstić information content (AvgIpc) is 2.21. The molecule has 0 spiro atoms. The topological polar surface area (TPSA) is 0 Å². The van der Waals surface area contributed by atoms with Gasteiger partial charge in [-0.1, -0.05) is 12.1 Å². The van der Waals surface area contributed by atoms with Crippen LogP contribution in [0.3, 0.4) is 0 Å². The molecule has 0 saturated heterocycles. The van der Waals surface area contributed by atoms with Gasteiger partial charge in [0.15, 0.2) is 0 Å². The lowest BCUT2D eigenvalue weighted by Gasteiger charge is -2.13. The minimum absolute atomic E-state index is 0.188. The summed E-state index contributed by atoms with van der Waals surface area (Å²) in [6.45, 7) is 0. The third kappa shape index (κ3) is 3.50. The van der Waals surface area contributed by atoms with Gasteiger partial charge in [0.1, 0.15) is 5.82 Å². The van der Waals surface area contributed by atoms with Gasteiger partial charge in [-0.05, 0) is 42.0 Å². The first kappa shape index (κ1) is 11.9. The summed E-state index contributed by atoms with van der Waals surface area (Å²) in [7, 11) is 0. The minimum Gasteiger partial charge on any atom is -0.207 e. The molecule has 0 aliphatic rings. The van der Waals surface area contributed by atoms with Gasteiger partial charge in [0.2, 0.25) is 0 Å². The maximum atomic E-state index is 12.7. The standard InChI is InChI=1S/C11H14ClFS/c1-14-7-6-10(8-12)9-2-4-11(13)5-3-9/h2-5,10H,6-8H2,1H3. The van der Waals surface area contributed by atoms with E-state index in [1.54, 1.807) is 0 Å². The molecule has 1 unspecified atom stereocenters. The molecule has 14 heavy (non-hydrogen) atoms. The first-order valence-electron chi connectivity index (χ1n) is 4.58. The Bertz CT molecular complexity index is 260. The Hall–Kier alpha value is -0.210. The van der Waals surface area contributed by atoms with Crippen LogP contribution in [0.4, 0.5) is 4.39 Å². The lowest BCUT2D eigenvalue weighted by molar-refractivity contribution is 0.625. The zero-order valence-electron chi connectivity index (χ0n) is 8.17. The number of rotatable bonds is 5. The van der Waals surface area contributed by atoms with Crippen LogP contribution in [0.1, 0.15) is 17.9 Å². The van der Waals surface area contributed by atoms with Gasteiger partial charge in [0.25, 0.3) is 0 Å². The molecule has 1 rings (SSSR count). The summed E-state index contributed by atoms with van der Waals surface area (Å²) in [6, 6.07) is 6.63. The van der Waals surface area contributed by atoms with E-state index in [1.165, 1.54) is 12.1 Å². The Kier molecular flexibility index (Phi) is 5.34. The fourth-order valence-electron chi connectivity index (χ4n) is 1.33. The van der Waals surface area contributed by atoms with E-state index in [9.17, 15) is 4.39 Å². The molecule has 0 amide bonds. The van der Waals surface area contributed by atoms with Crippen LogP contribution in [0.2, 0.25) is 0 Å². The summed E-state index contributed by atoms with van der Waals surface area (Å²) in [6.07, 6.45) is 3.13. The predicted molar refractivity (Wildman–Crippen MR) is 62.9 cm³/mol.